The maximum Gasteiger partial charge on any atom is 0.337 e. The summed E-state index contributed by atoms with van der Waals surface area (Å²) in [5.74, 6) is -0.212. The van der Waals surface area contributed by atoms with Crippen molar-refractivity contribution in [1.29, 1.82) is 0 Å². The Balaban J connectivity index is 1.62. The molecular weight excluding hydrogens is 418 g/mol. The van der Waals surface area contributed by atoms with Crippen molar-refractivity contribution < 1.29 is 18.7 Å². The third-order valence-corrected chi connectivity index (χ3v) is 6.05. The number of rotatable bonds is 3. The van der Waals surface area contributed by atoms with Gasteiger partial charge in [0.25, 0.3) is 5.91 Å². The van der Waals surface area contributed by atoms with Crippen molar-refractivity contribution in [3.05, 3.63) is 99.2 Å². The molecular formula is C27H21NO5. The van der Waals surface area contributed by atoms with Gasteiger partial charge in [-0.25, -0.2) is 4.79 Å². The smallest absolute Gasteiger partial charge is 0.337 e. The van der Waals surface area contributed by atoms with E-state index in [4.69, 9.17) is 9.15 Å². The molecule has 1 aromatic heterocycles. The van der Waals surface area contributed by atoms with Gasteiger partial charge in [0.1, 0.15) is 5.76 Å². The number of nitrogens with zero attached hydrogens (tertiary/aromatic N) is 1. The Labute approximate surface area is 190 Å². The van der Waals surface area contributed by atoms with Gasteiger partial charge in [-0.3, -0.25) is 9.59 Å². The highest BCUT2D eigenvalue weighted by Gasteiger charge is 2.29. The quantitative estimate of drug-likeness (QED) is 0.430. The van der Waals surface area contributed by atoms with Crippen molar-refractivity contribution in [2.75, 3.05) is 18.6 Å². The van der Waals surface area contributed by atoms with Crippen molar-refractivity contribution in [1.82, 2.24) is 0 Å². The van der Waals surface area contributed by atoms with Crippen LogP contribution in [0.25, 0.3) is 22.3 Å². The molecule has 1 aliphatic heterocycles. The number of para-hydroxylation sites is 1. The van der Waals surface area contributed by atoms with Crippen molar-refractivity contribution in [2.24, 2.45) is 0 Å². The van der Waals surface area contributed by atoms with Gasteiger partial charge >= 0.3 is 5.97 Å². The minimum Gasteiger partial charge on any atom is -0.465 e. The molecule has 0 aliphatic carbocycles. The van der Waals surface area contributed by atoms with E-state index in [1.165, 1.54) is 7.11 Å². The summed E-state index contributed by atoms with van der Waals surface area (Å²) in [6, 6.07) is 19.6. The van der Waals surface area contributed by atoms with E-state index < -0.39 is 5.97 Å². The Bertz CT molecular complexity index is 1470. The summed E-state index contributed by atoms with van der Waals surface area (Å²) in [7, 11) is 1.34. The van der Waals surface area contributed by atoms with Crippen LogP contribution in [0.3, 0.4) is 0 Å². The summed E-state index contributed by atoms with van der Waals surface area (Å²) >= 11 is 0. The maximum atomic E-state index is 13.6. The average molecular weight is 439 g/mol. The molecule has 6 heteroatoms. The highest BCUT2D eigenvalue weighted by molar-refractivity contribution is 6.13. The number of benzene rings is 3. The molecule has 0 unspecified atom stereocenters. The number of fused-ring (bicyclic) bond motifs is 2. The molecule has 164 valence electrons. The number of hydrogen-bond donors (Lipinski definition) is 0. The van der Waals surface area contributed by atoms with Gasteiger partial charge in [-0.2, -0.15) is 0 Å². The lowest BCUT2D eigenvalue weighted by Crippen LogP contribution is -2.29. The van der Waals surface area contributed by atoms with Crippen molar-refractivity contribution in [2.45, 2.75) is 13.3 Å². The van der Waals surface area contributed by atoms with E-state index in [0.29, 0.717) is 40.8 Å². The van der Waals surface area contributed by atoms with E-state index in [-0.39, 0.29) is 16.9 Å². The molecule has 0 N–H and O–H groups in total. The number of ether oxygens (including phenoxy) is 1. The molecule has 0 bridgehead atoms. The summed E-state index contributed by atoms with van der Waals surface area (Å²) in [5.41, 5.74) is 3.80. The number of methoxy groups -OCH3 is 1. The van der Waals surface area contributed by atoms with Crippen LogP contribution in [0.4, 0.5) is 5.69 Å². The van der Waals surface area contributed by atoms with Gasteiger partial charge in [0, 0.05) is 23.4 Å². The van der Waals surface area contributed by atoms with Crippen molar-refractivity contribution in [3.63, 3.8) is 0 Å². The molecule has 3 aromatic carbocycles. The van der Waals surface area contributed by atoms with Gasteiger partial charge in [0.05, 0.1) is 23.6 Å². The Morgan fingerprint density at radius 1 is 1.00 bits per heavy atom. The fourth-order valence-electron chi connectivity index (χ4n) is 4.35. The lowest BCUT2D eigenvalue weighted by Gasteiger charge is -2.18. The van der Waals surface area contributed by atoms with Gasteiger partial charge in [-0.1, -0.05) is 36.4 Å². The second kappa shape index (κ2) is 8.06. The molecule has 1 amide bonds. The minimum absolute atomic E-state index is 0.158. The van der Waals surface area contributed by atoms with E-state index in [0.717, 1.165) is 16.8 Å². The summed E-state index contributed by atoms with van der Waals surface area (Å²) in [4.78, 5) is 40.3. The Morgan fingerprint density at radius 3 is 2.55 bits per heavy atom. The molecule has 33 heavy (non-hydrogen) atoms. The monoisotopic (exact) mass is 439 g/mol. The van der Waals surface area contributed by atoms with Crippen LogP contribution in [0.15, 0.2) is 75.9 Å². The number of esters is 1. The Kier molecular flexibility index (Phi) is 5.05. The van der Waals surface area contributed by atoms with Crippen molar-refractivity contribution in [3.8, 4) is 11.3 Å². The van der Waals surface area contributed by atoms with Crippen LogP contribution in [0.1, 0.15) is 31.8 Å². The summed E-state index contributed by atoms with van der Waals surface area (Å²) in [5, 5.41) is 0.374. The number of carbonyl (C=O) groups excluding carboxylic acids is 2. The largest absolute Gasteiger partial charge is 0.465 e. The zero-order chi connectivity index (χ0) is 23.1. The highest BCUT2D eigenvalue weighted by atomic mass is 16.5. The molecule has 0 saturated carbocycles. The fourth-order valence-corrected chi connectivity index (χ4v) is 4.35. The second-order valence-corrected chi connectivity index (χ2v) is 7.98. The first-order valence-electron chi connectivity index (χ1n) is 10.6. The van der Waals surface area contributed by atoms with Crippen LogP contribution in [-0.4, -0.2) is 25.5 Å². The molecule has 2 heterocycles. The second-order valence-electron chi connectivity index (χ2n) is 7.98. The topological polar surface area (TPSA) is 76.8 Å². The molecule has 0 saturated heterocycles. The van der Waals surface area contributed by atoms with Gasteiger partial charge in [0.2, 0.25) is 0 Å². The standard InChI is InChI=1S/C27H21NO5/c1-16-23(29)20-9-6-10-21(25(20)33-24(16)17-7-4-3-5-8-17)26(30)28-14-13-18-15-19(27(31)32-2)11-12-22(18)28/h3-12,15H,13-14H2,1-2H3. The predicted octanol–water partition coefficient (Wildman–Crippen LogP) is 4.76. The van der Waals surface area contributed by atoms with Gasteiger partial charge < -0.3 is 14.1 Å². The molecule has 0 atom stereocenters. The fraction of sp³-hybridized carbons (Fsp3) is 0.148. The van der Waals surface area contributed by atoms with E-state index in [1.807, 2.05) is 30.3 Å². The van der Waals surface area contributed by atoms with E-state index in [2.05, 4.69) is 0 Å². The van der Waals surface area contributed by atoms with Gasteiger partial charge in [-0.15, -0.1) is 0 Å². The normalized spacial score (nSPS) is 12.6. The highest BCUT2D eigenvalue weighted by Crippen LogP contribution is 2.33. The van der Waals surface area contributed by atoms with Crippen LogP contribution < -0.4 is 10.3 Å². The van der Waals surface area contributed by atoms with Crippen LogP contribution >= 0.6 is 0 Å². The lowest BCUT2D eigenvalue weighted by atomic mass is 10.0. The van der Waals surface area contributed by atoms with Crippen LogP contribution in [0, 0.1) is 6.92 Å². The molecule has 4 aromatic rings. The van der Waals surface area contributed by atoms with Crippen LogP contribution in [-0.2, 0) is 11.2 Å². The van der Waals surface area contributed by atoms with Crippen molar-refractivity contribution >= 4 is 28.5 Å². The molecule has 6 nitrogen and oxygen atoms in total. The Hall–Kier alpha value is -4.19. The van der Waals surface area contributed by atoms with E-state index in [9.17, 15) is 14.4 Å². The molecule has 5 rings (SSSR count). The first-order valence-corrected chi connectivity index (χ1v) is 10.6. The number of amides is 1. The third-order valence-electron chi connectivity index (χ3n) is 6.05. The summed E-state index contributed by atoms with van der Waals surface area (Å²) < 4.78 is 11.0. The predicted molar refractivity (Wildman–Crippen MR) is 126 cm³/mol. The molecule has 1 aliphatic rings. The molecule has 0 radical (unpaired) electrons. The average Bonchev–Trinajstić information content (AvgIpc) is 3.28. The van der Waals surface area contributed by atoms with Crippen LogP contribution in [0.5, 0.6) is 0 Å². The lowest BCUT2D eigenvalue weighted by molar-refractivity contribution is 0.0600. The Morgan fingerprint density at radius 2 is 1.79 bits per heavy atom. The summed E-state index contributed by atoms with van der Waals surface area (Å²) in [6.45, 7) is 2.20. The first-order chi connectivity index (χ1) is 16.0. The molecule has 0 fully saturated rings. The number of hydrogen-bond acceptors (Lipinski definition) is 5. The van der Waals surface area contributed by atoms with Gasteiger partial charge in [0.15, 0.2) is 11.0 Å². The number of anilines is 1. The minimum atomic E-state index is -0.415. The number of carbonyl (C=O) groups is 2. The zero-order valence-electron chi connectivity index (χ0n) is 18.3. The van der Waals surface area contributed by atoms with E-state index >= 15 is 0 Å². The maximum absolute atomic E-state index is 13.6. The first kappa shape index (κ1) is 20.7. The van der Waals surface area contributed by atoms with Crippen LogP contribution in [0.2, 0.25) is 0 Å². The van der Waals surface area contributed by atoms with Gasteiger partial charge in [-0.05, 0) is 49.2 Å². The third kappa shape index (κ3) is 3.40. The van der Waals surface area contributed by atoms with E-state index in [1.54, 1.807) is 48.2 Å². The zero-order valence-corrected chi connectivity index (χ0v) is 18.3. The SMILES string of the molecule is COC(=O)c1ccc2c(c1)CCN2C(=O)c1cccc2c(=O)c(C)c(-c3ccccc3)oc12. The molecule has 0 spiro atoms. The summed E-state index contributed by atoms with van der Waals surface area (Å²) in [6.07, 6.45) is 0.620.